The number of benzene rings is 1. The monoisotopic (exact) mass is 290 g/mol. The minimum Gasteiger partial charge on any atom is -0.493 e. The second-order valence-electron chi connectivity index (χ2n) is 4.41. The molecule has 0 aliphatic heterocycles. The van der Waals surface area contributed by atoms with Crippen LogP contribution in [0, 0.1) is 0 Å². The molecular weight excluding hydrogens is 272 g/mol. The Kier molecular flexibility index (Phi) is 4.76. The fourth-order valence-corrected chi connectivity index (χ4v) is 1.90. The molecule has 7 nitrogen and oxygen atoms in total. The van der Waals surface area contributed by atoms with Gasteiger partial charge in [0, 0.05) is 13.6 Å². The van der Waals surface area contributed by atoms with E-state index in [2.05, 4.69) is 15.5 Å². The van der Waals surface area contributed by atoms with Crippen molar-refractivity contribution in [1.29, 1.82) is 0 Å². The number of hydrogen-bond donors (Lipinski definition) is 1. The molecule has 0 aliphatic carbocycles. The lowest BCUT2D eigenvalue weighted by Gasteiger charge is -2.09. The molecule has 1 aromatic carbocycles. The second-order valence-corrected chi connectivity index (χ2v) is 4.41. The van der Waals surface area contributed by atoms with Crippen molar-refractivity contribution in [2.45, 2.75) is 6.42 Å². The summed E-state index contributed by atoms with van der Waals surface area (Å²) in [4.78, 5) is 13.2. The molecule has 0 spiro atoms. The maximum absolute atomic E-state index is 11.8. The Morgan fingerprint density at radius 2 is 2.05 bits per heavy atom. The molecule has 2 aromatic rings. The Morgan fingerprint density at radius 3 is 2.67 bits per heavy atom. The van der Waals surface area contributed by atoms with Gasteiger partial charge in [0.05, 0.1) is 20.4 Å². The third-order valence-corrected chi connectivity index (χ3v) is 2.98. The zero-order chi connectivity index (χ0) is 15.2. The van der Waals surface area contributed by atoms with Gasteiger partial charge in [-0.05, 0) is 24.1 Å². The molecule has 7 heteroatoms. The number of carbonyl (C=O) groups excluding carboxylic acids is 1. The van der Waals surface area contributed by atoms with E-state index in [-0.39, 0.29) is 5.91 Å². The first kappa shape index (κ1) is 14.8. The first-order valence-electron chi connectivity index (χ1n) is 6.49. The zero-order valence-electron chi connectivity index (χ0n) is 12.3. The van der Waals surface area contributed by atoms with Gasteiger partial charge in [-0.25, -0.2) is 0 Å². The summed E-state index contributed by atoms with van der Waals surface area (Å²) in [7, 11) is 4.86. The maximum Gasteiger partial charge on any atom is 0.273 e. The number of hydrogen-bond acceptors (Lipinski definition) is 5. The molecule has 21 heavy (non-hydrogen) atoms. The van der Waals surface area contributed by atoms with E-state index >= 15 is 0 Å². The van der Waals surface area contributed by atoms with Crippen molar-refractivity contribution in [3.05, 3.63) is 35.7 Å². The van der Waals surface area contributed by atoms with Crippen LogP contribution in [0.1, 0.15) is 16.1 Å². The number of ether oxygens (including phenoxy) is 2. The normalized spacial score (nSPS) is 10.2. The smallest absolute Gasteiger partial charge is 0.273 e. The summed E-state index contributed by atoms with van der Waals surface area (Å²) in [5.74, 6) is 1.13. The molecule has 112 valence electrons. The average Bonchev–Trinajstić information content (AvgIpc) is 2.93. The van der Waals surface area contributed by atoms with Gasteiger partial charge in [-0.1, -0.05) is 6.07 Å². The minimum atomic E-state index is -0.233. The van der Waals surface area contributed by atoms with Crippen LogP contribution in [0.25, 0.3) is 0 Å². The highest BCUT2D eigenvalue weighted by Gasteiger charge is 2.09. The number of methoxy groups -OCH3 is 2. The van der Waals surface area contributed by atoms with Crippen molar-refractivity contribution in [3.8, 4) is 11.5 Å². The first-order chi connectivity index (χ1) is 10.1. The van der Waals surface area contributed by atoms with Crippen molar-refractivity contribution in [3.63, 3.8) is 0 Å². The van der Waals surface area contributed by atoms with Crippen molar-refractivity contribution in [2.24, 2.45) is 7.05 Å². The van der Waals surface area contributed by atoms with Gasteiger partial charge in [0.2, 0.25) is 0 Å². The van der Waals surface area contributed by atoms with E-state index in [9.17, 15) is 4.79 Å². The van der Waals surface area contributed by atoms with Crippen LogP contribution in [0.15, 0.2) is 24.4 Å². The standard InChI is InChI=1S/C14H18N4O3/c1-18-16-9-11(17-18)14(19)15-7-6-10-4-5-12(20-2)13(8-10)21-3/h4-5,8-9H,6-7H2,1-3H3,(H,15,19). The first-order valence-corrected chi connectivity index (χ1v) is 6.49. The minimum absolute atomic E-state index is 0.233. The number of carbonyl (C=O) groups is 1. The summed E-state index contributed by atoms with van der Waals surface area (Å²) in [5.41, 5.74) is 1.36. The van der Waals surface area contributed by atoms with Gasteiger partial charge in [-0.3, -0.25) is 4.79 Å². The number of amides is 1. The lowest BCUT2D eigenvalue weighted by molar-refractivity contribution is 0.0948. The maximum atomic E-state index is 11.8. The highest BCUT2D eigenvalue weighted by Crippen LogP contribution is 2.27. The molecule has 0 aliphatic rings. The third-order valence-electron chi connectivity index (χ3n) is 2.98. The molecule has 0 fully saturated rings. The van der Waals surface area contributed by atoms with Gasteiger partial charge < -0.3 is 14.8 Å². The van der Waals surface area contributed by atoms with Gasteiger partial charge in [0.1, 0.15) is 0 Å². The van der Waals surface area contributed by atoms with Crippen LogP contribution in [0.3, 0.4) is 0 Å². The predicted octanol–water partition coefficient (Wildman–Crippen LogP) is 0.805. The fraction of sp³-hybridized carbons (Fsp3) is 0.357. The second kappa shape index (κ2) is 6.74. The van der Waals surface area contributed by atoms with Crippen LogP contribution in [0.2, 0.25) is 0 Å². The Bertz CT molecular complexity index is 624. The molecule has 1 amide bonds. The van der Waals surface area contributed by atoms with Gasteiger partial charge in [0.15, 0.2) is 17.2 Å². The molecule has 0 saturated carbocycles. The van der Waals surface area contributed by atoms with Crippen molar-refractivity contribution in [2.75, 3.05) is 20.8 Å². The van der Waals surface area contributed by atoms with Gasteiger partial charge in [0.25, 0.3) is 5.91 Å². The largest absolute Gasteiger partial charge is 0.493 e. The van der Waals surface area contributed by atoms with Crippen LogP contribution in [-0.4, -0.2) is 41.7 Å². The molecule has 0 radical (unpaired) electrons. The van der Waals surface area contributed by atoms with Gasteiger partial charge in [-0.15, -0.1) is 5.10 Å². The highest BCUT2D eigenvalue weighted by molar-refractivity contribution is 5.91. The molecule has 0 atom stereocenters. The van der Waals surface area contributed by atoms with Crippen molar-refractivity contribution >= 4 is 5.91 Å². The number of rotatable bonds is 6. The topological polar surface area (TPSA) is 78.3 Å². The van der Waals surface area contributed by atoms with Crippen molar-refractivity contribution in [1.82, 2.24) is 20.3 Å². The SMILES string of the molecule is COc1ccc(CCNC(=O)c2cnn(C)n2)cc1OC. The summed E-state index contributed by atoms with van der Waals surface area (Å²) in [6, 6.07) is 5.68. The van der Waals surface area contributed by atoms with Gasteiger partial charge in [-0.2, -0.15) is 9.90 Å². The van der Waals surface area contributed by atoms with E-state index < -0.39 is 0 Å². The number of aromatic nitrogens is 3. The summed E-state index contributed by atoms with van der Waals surface area (Å²) in [6.45, 7) is 0.505. The summed E-state index contributed by atoms with van der Waals surface area (Å²) < 4.78 is 10.4. The van der Waals surface area contributed by atoms with Crippen molar-refractivity contribution < 1.29 is 14.3 Å². The predicted molar refractivity (Wildman–Crippen MR) is 76.6 cm³/mol. The van der Waals surface area contributed by atoms with E-state index in [4.69, 9.17) is 9.47 Å². The summed E-state index contributed by atoms with van der Waals surface area (Å²) >= 11 is 0. The van der Waals surface area contributed by atoms with E-state index in [1.54, 1.807) is 21.3 Å². The van der Waals surface area contributed by atoms with Crippen LogP contribution in [-0.2, 0) is 13.5 Å². The number of nitrogens with zero attached hydrogens (tertiary/aromatic N) is 3. The fourth-order valence-electron chi connectivity index (χ4n) is 1.90. The molecule has 1 aromatic heterocycles. The van der Waals surface area contributed by atoms with Crippen LogP contribution in [0.4, 0.5) is 0 Å². The number of aryl methyl sites for hydroxylation is 1. The highest BCUT2D eigenvalue weighted by atomic mass is 16.5. The van der Waals surface area contributed by atoms with E-state index in [0.717, 1.165) is 5.56 Å². The van der Waals surface area contributed by atoms with E-state index in [1.165, 1.54) is 11.0 Å². The van der Waals surface area contributed by atoms with E-state index in [0.29, 0.717) is 30.2 Å². The Morgan fingerprint density at radius 1 is 1.29 bits per heavy atom. The lowest BCUT2D eigenvalue weighted by Crippen LogP contribution is -2.26. The Balaban J connectivity index is 1.90. The lowest BCUT2D eigenvalue weighted by atomic mass is 10.1. The molecule has 0 saturated heterocycles. The molecular formula is C14H18N4O3. The summed E-state index contributed by atoms with van der Waals surface area (Å²) in [6.07, 6.45) is 2.12. The van der Waals surface area contributed by atoms with E-state index in [1.807, 2.05) is 18.2 Å². The Labute approximate surface area is 122 Å². The average molecular weight is 290 g/mol. The zero-order valence-corrected chi connectivity index (χ0v) is 12.3. The third kappa shape index (κ3) is 3.71. The van der Waals surface area contributed by atoms with Crippen LogP contribution >= 0.6 is 0 Å². The van der Waals surface area contributed by atoms with Crippen LogP contribution < -0.4 is 14.8 Å². The quantitative estimate of drug-likeness (QED) is 0.851. The van der Waals surface area contributed by atoms with Crippen LogP contribution in [0.5, 0.6) is 11.5 Å². The molecule has 0 bridgehead atoms. The summed E-state index contributed by atoms with van der Waals surface area (Å²) in [5, 5.41) is 10.6. The molecule has 0 unspecified atom stereocenters. The van der Waals surface area contributed by atoms with Gasteiger partial charge >= 0.3 is 0 Å². The molecule has 2 rings (SSSR count). The Hall–Kier alpha value is -2.57. The number of nitrogens with one attached hydrogen (secondary N) is 1. The molecule has 1 N–H and O–H groups in total. The molecule has 1 heterocycles.